The number of likely N-dealkylation sites (tertiary alicyclic amines) is 1. The van der Waals surface area contributed by atoms with Gasteiger partial charge in [0.25, 0.3) is 5.91 Å². The summed E-state index contributed by atoms with van der Waals surface area (Å²) in [4.78, 5) is 17.9. The zero-order valence-corrected chi connectivity index (χ0v) is 17.1. The number of benzene rings is 2. The Morgan fingerprint density at radius 3 is 2.57 bits per heavy atom. The highest BCUT2D eigenvalue weighted by molar-refractivity contribution is 6.31. The molecule has 1 amide bonds. The Morgan fingerprint density at radius 1 is 1.11 bits per heavy atom. The van der Waals surface area contributed by atoms with E-state index in [4.69, 9.17) is 16.3 Å². The molecular weight excluding hydrogens is 372 g/mol. The Labute approximate surface area is 172 Å². The number of ether oxygens (including phenoxy) is 1. The maximum atomic E-state index is 13.4. The van der Waals surface area contributed by atoms with Crippen LogP contribution in [0, 0.1) is 6.92 Å². The maximum absolute atomic E-state index is 13.4. The van der Waals surface area contributed by atoms with E-state index in [9.17, 15) is 4.79 Å². The number of hydrogen-bond donors (Lipinski definition) is 0. The first kappa shape index (κ1) is 19.4. The fraction of sp³-hybridized carbons (Fsp3) is 0.435. The van der Waals surface area contributed by atoms with Crippen molar-refractivity contribution in [1.82, 2.24) is 9.80 Å². The van der Waals surface area contributed by atoms with Crippen molar-refractivity contribution in [2.45, 2.75) is 31.9 Å². The first-order valence-corrected chi connectivity index (χ1v) is 10.5. The third-order valence-electron chi connectivity index (χ3n) is 5.81. The molecule has 148 valence electrons. The SMILES string of the molecule is Cc1ccc(C(=O)N2CCO[C@@H](CN3CCCC3)[C@@H]2c2ccccc2)cc1Cl. The molecule has 28 heavy (non-hydrogen) atoms. The molecule has 0 radical (unpaired) electrons. The molecule has 2 atom stereocenters. The first-order valence-electron chi connectivity index (χ1n) is 10.1. The molecule has 2 aliphatic rings. The second-order valence-electron chi connectivity index (χ2n) is 7.73. The van der Waals surface area contributed by atoms with Crippen molar-refractivity contribution < 1.29 is 9.53 Å². The zero-order chi connectivity index (χ0) is 19.5. The summed E-state index contributed by atoms with van der Waals surface area (Å²) in [6, 6.07) is 15.7. The third-order valence-corrected chi connectivity index (χ3v) is 6.22. The van der Waals surface area contributed by atoms with E-state index < -0.39 is 0 Å². The van der Waals surface area contributed by atoms with Gasteiger partial charge in [-0.3, -0.25) is 4.79 Å². The number of halogens is 1. The average molecular weight is 399 g/mol. The fourth-order valence-corrected chi connectivity index (χ4v) is 4.45. The second kappa shape index (κ2) is 8.64. The minimum Gasteiger partial charge on any atom is -0.373 e. The topological polar surface area (TPSA) is 32.8 Å². The summed E-state index contributed by atoms with van der Waals surface area (Å²) in [6.45, 7) is 6.18. The van der Waals surface area contributed by atoms with Crippen LogP contribution in [0.1, 0.15) is 40.4 Å². The van der Waals surface area contributed by atoms with Gasteiger partial charge in [-0.25, -0.2) is 0 Å². The molecule has 5 heteroatoms. The normalized spacial score (nSPS) is 23.1. The van der Waals surface area contributed by atoms with Crippen molar-refractivity contribution in [3.05, 3.63) is 70.2 Å². The monoisotopic (exact) mass is 398 g/mol. The van der Waals surface area contributed by atoms with E-state index in [1.165, 1.54) is 12.8 Å². The maximum Gasteiger partial charge on any atom is 0.254 e. The molecule has 0 saturated carbocycles. The van der Waals surface area contributed by atoms with Gasteiger partial charge in [-0.2, -0.15) is 0 Å². The summed E-state index contributed by atoms with van der Waals surface area (Å²) in [5.74, 6) is 0.0190. The molecule has 2 fully saturated rings. The molecule has 0 spiro atoms. The van der Waals surface area contributed by atoms with Crippen molar-refractivity contribution >= 4 is 17.5 Å². The van der Waals surface area contributed by atoms with Crippen molar-refractivity contribution in [3.63, 3.8) is 0 Å². The van der Waals surface area contributed by atoms with Crippen molar-refractivity contribution in [1.29, 1.82) is 0 Å². The third kappa shape index (κ3) is 4.09. The Hall–Kier alpha value is -1.88. The number of amides is 1. The minimum absolute atomic E-state index is 0.0190. The van der Waals surface area contributed by atoms with Gasteiger partial charge in [0.2, 0.25) is 0 Å². The predicted octanol–water partition coefficient (Wildman–Crippen LogP) is 4.33. The average Bonchev–Trinajstić information content (AvgIpc) is 3.23. The van der Waals surface area contributed by atoms with Crippen LogP contribution in [-0.4, -0.2) is 54.6 Å². The molecule has 0 aromatic heterocycles. The lowest BCUT2D eigenvalue weighted by Crippen LogP contribution is -2.51. The number of hydrogen-bond acceptors (Lipinski definition) is 3. The van der Waals surface area contributed by atoms with Gasteiger partial charge in [0.1, 0.15) is 0 Å². The highest BCUT2D eigenvalue weighted by atomic mass is 35.5. The van der Waals surface area contributed by atoms with Gasteiger partial charge in [-0.15, -0.1) is 0 Å². The molecule has 2 saturated heterocycles. The Balaban J connectivity index is 1.64. The second-order valence-corrected chi connectivity index (χ2v) is 8.14. The number of nitrogens with zero attached hydrogens (tertiary/aromatic N) is 2. The van der Waals surface area contributed by atoms with Gasteiger partial charge in [0, 0.05) is 23.7 Å². The highest BCUT2D eigenvalue weighted by Gasteiger charge is 2.38. The highest BCUT2D eigenvalue weighted by Crippen LogP contribution is 2.32. The summed E-state index contributed by atoms with van der Waals surface area (Å²) in [6.07, 6.45) is 2.46. The van der Waals surface area contributed by atoms with E-state index >= 15 is 0 Å². The van der Waals surface area contributed by atoms with E-state index in [1.54, 1.807) is 6.07 Å². The lowest BCUT2D eigenvalue weighted by molar-refractivity contribution is -0.0707. The van der Waals surface area contributed by atoms with E-state index in [-0.39, 0.29) is 18.1 Å². The van der Waals surface area contributed by atoms with Gasteiger partial charge in [0.05, 0.1) is 18.8 Å². The van der Waals surface area contributed by atoms with Crippen LogP contribution in [0.15, 0.2) is 48.5 Å². The molecule has 2 aromatic carbocycles. The van der Waals surface area contributed by atoms with Crippen LogP contribution in [0.4, 0.5) is 0 Å². The number of rotatable bonds is 4. The molecule has 0 bridgehead atoms. The van der Waals surface area contributed by atoms with Crippen LogP contribution in [0.3, 0.4) is 0 Å². The molecule has 4 nitrogen and oxygen atoms in total. The molecule has 2 heterocycles. The van der Waals surface area contributed by atoms with Crippen LogP contribution in [0.25, 0.3) is 0 Å². The molecule has 4 rings (SSSR count). The molecule has 0 N–H and O–H groups in total. The van der Waals surface area contributed by atoms with E-state index in [2.05, 4.69) is 17.0 Å². The largest absolute Gasteiger partial charge is 0.373 e. The Kier molecular flexibility index (Phi) is 6.00. The molecule has 0 unspecified atom stereocenters. The summed E-state index contributed by atoms with van der Waals surface area (Å²) < 4.78 is 6.20. The fourth-order valence-electron chi connectivity index (χ4n) is 4.27. The molecule has 0 aliphatic carbocycles. The van der Waals surface area contributed by atoms with Gasteiger partial charge in [-0.1, -0.05) is 48.0 Å². The summed E-state index contributed by atoms with van der Waals surface area (Å²) >= 11 is 6.29. The quantitative estimate of drug-likeness (QED) is 0.768. The number of aryl methyl sites for hydroxylation is 1. The Morgan fingerprint density at radius 2 is 1.86 bits per heavy atom. The van der Waals surface area contributed by atoms with Crippen molar-refractivity contribution in [3.8, 4) is 0 Å². The number of carbonyl (C=O) groups excluding carboxylic acids is 1. The molecule has 2 aliphatic heterocycles. The summed E-state index contributed by atoms with van der Waals surface area (Å²) in [5, 5.41) is 0.629. The van der Waals surface area contributed by atoms with Crippen molar-refractivity contribution in [2.75, 3.05) is 32.8 Å². The van der Waals surface area contributed by atoms with Gasteiger partial charge >= 0.3 is 0 Å². The van der Waals surface area contributed by atoms with Crippen LogP contribution in [0.2, 0.25) is 5.02 Å². The van der Waals surface area contributed by atoms with Crippen LogP contribution in [0.5, 0.6) is 0 Å². The van der Waals surface area contributed by atoms with Gasteiger partial charge < -0.3 is 14.5 Å². The number of morpholine rings is 1. The lowest BCUT2D eigenvalue weighted by Gasteiger charge is -2.43. The Bertz CT molecular complexity index is 821. The molecule has 2 aromatic rings. The lowest BCUT2D eigenvalue weighted by atomic mass is 9.96. The van der Waals surface area contributed by atoms with Crippen LogP contribution >= 0.6 is 11.6 Å². The molecular formula is C23H27ClN2O2. The zero-order valence-electron chi connectivity index (χ0n) is 16.3. The first-order chi connectivity index (χ1) is 13.6. The summed E-state index contributed by atoms with van der Waals surface area (Å²) in [5.41, 5.74) is 2.74. The summed E-state index contributed by atoms with van der Waals surface area (Å²) in [7, 11) is 0. The van der Waals surface area contributed by atoms with Gasteiger partial charge in [0.15, 0.2) is 0 Å². The standard InChI is InChI=1S/C23H27ClN2O2/c1-17-9-10-19(15-20(17)24)23(27)26-13-14-28-21(16-25-11-5-6-12-25)22(26)18-7-3-2-4-8-18/h2-4,7-10,15,21-22H,5-6,11-14,16H2,1H3/t21-,22-/m0/s1. The minimum atomic E-state index is -0.0943. The van der Waals surface area contributed by atoms with Crippen LogP contribution < -0.4 is 0 Å². The van der Waals surface area contributed by atoms with Crippen LogP contribution in [-0.2, 0) is 4.74 Å². The van der Waals surface area contributed by atoms with Crippen molar-refractivity contribution in [2.24, 2.45) is 0 Å². The predicted molar refractivity (Wildman–Crippen MR) is 112 cm³/mol. The van der Waals surface area contributed by atoms with E-state index in [0.29, 0.717) is 23.7 Å². The van der Waals surface area contributed by atoms with E-state index in [1.807, 2.05) is 42.2 Å². The van der Waals surface area contributed by atoms with E-state index in [0.717, 1.165) is 30.8 Å². The van der Waals surface area contributed by atoms with Gasteiger partial charge in [-0.05, 0) is 56.1 Å². The smallest absolute Gasteiger partial charge is 0.254 e. The number of carbonyl (C=O) groups is 1.